The topological polar surface area (TPSA) is 46.5 Å². The Hall–Kier alpha value is -1.35. The molecule has 0 fully saturated rings. The predicted octanol–water partition coefficient (Wildman–Crippen LogP) is 3.14. The van der Waals surface area contributed by atoms with Crippen LogP contribution in [0.3, 0.4) is 0 Å². The molecule has 19 heavy (non-hydrogen) atoms. The molecule has 0 heterocycles. The van der Waals surface area contributed by atoms with Gasteiger partial charge < -0.3 is 14.6 Å². The second-order valence-electron chi connectivity index (χ2n) is 4.69. The lowest BCUT2D eigenvalue weighted by Gasteiger charge is -2.06. The molecule has 0 spiro atoms. The number of aliphatic hydroxyl groups excluding tert-OH is 1. The Balaban J connectivity index is 2.16. The summed E-state index contributed by atoms with van der Waals surface area (Å²) in [6.07, 6.45) is 8.51. The number of rotatable bonds is 11. The molecule has 106 valence electrons. The summed E-state index contributed by atoms with van der Waals surface area (Å²) in [5, 5.41) is 8.71. The molecule has 1 aromatic carbocycles. The molecule has 0 saturated heterocycles. The maximum atomic E-state index is 10.2. The van der Waals surface area contributed by atoms with Gasteiger partial charge >= 0.3 is 0 Å². The molecular weight excluding hydrogens is 240 g/mol. The first-order chi connectivity index (χ1) is 9.36. The van der Waals surface area contributed by atoms with Crippen LogP contribution in [0.5, 0.6) is 5.75 Å². The minimum absolute atomic E-state index is 0.0466. The van der Waals surface area contributed by atoms with E-state index in [2.05, 4.69) is 6.07 Å². The van der Waals surface area contributed by atoms with E-state index in [1.807, 2.05) is 18.2 Å². The summed E-state index contributed by atoms with van der Waals surface area (Å²) < 4.78 is 5.38. The molecule has 0 bridgehead atoms. The summed E-state index contributed by atoms with van der Waals surface area (Å²) in [6, 6.07) is 8.06. The third-order valence-corrected chi connectivity index (χ3v) is 3.05. The first kappa shape index (κ1) is 15.7. The van der Waals surface area contributed by atoms with Gasteiger partial charge in [0.2, 0.25) is 0 Å². The summed E-state index contributed by atoms with van der Waals surface area (Å²) in [6.45, 7) is 0.394. The molecule has 0 aliphatic heterocycles. The third-order valence-electron chi connectivity index (χ3n) is 3.05. The Bertz CT molecular complexity index is 350. The number of aliphatic hydroxyl groups is 1. The molecule has 0 aliphatic rings. The molecule has 0 amide bonds. The Labute approximate surface area is 115 Å². The molecule has 1 rings (SSSR count). The highest BCUT2D eigenvalue weighted by atomic mass is 16.5. The van der Waals surface area contributed by atoms with Gasteiger partial charge in [-0.05, 0) is 37.0 Å². The van der Waals surface area contributed by atoms with Crippen LogP contribution in [0.4, 0.5) is 0 Å². The van der Waals surface area contributed by atoms with E-state index in [4.69, 9.17) is 9.84 Å². The average molecular weight is 264 g/mol. The van der Waals surface area contributed by atoms with Crippen molar-refractivity contribution in [1.82, 2.24) is 0 Å². The summed E-state index contributed by atoms with van der Waals surface area (Å²) in [4.78, 5) is 10.2. The van der Waals surface area contributed by atoms with Gasteiger partial charge in [-0.2, -0.15) is 0 Å². The number of hydrogen-bond acceptors (Lipinski definition) is 3. The normalized spacial score (nSPS) is 10.4. The summed E-state index contributed by atoms with van der Waals surface area (Å²) in [5.74, 6) is 0.831. The minimum atomic E-state index is 0.0466. The van der Waals surface area contributed by atoms with E-state index < -0.39 is 0 Å². The molecule has 0 unspecified atom stereocenters. The number of benzene rings is 1. The van der Waals surface area contributed by atoms with Gasteiger partial charge in [-0.25, -0.2) is 0 Å². The quantitative estimate of drug-likeness (QED) is 0.493. The van der Waals surface area contributed by atoms with Gasteiger partial charge in [-0.1, -0.05) is 31.4 Å². The minimum Gasteiger partial charge on any atom is -0.491 e. The molecule has 0 atom stereocenters. The van der Waals surface area contributed by atoms with E-state index in [9.17, 15) is 4.79 Å². The standard InChI is InChI=1S/C16H24O3/c17-11-6-4-2-1-3-5-8-15-9-7-10-16(14-15)19-13-12-18/h7,9-11,14,18H,1-6,8,12-13H2. The molecular formula is C16H24O3. The van der Waals surface area contributed by atoms with E-state index in [1.165, 1.54) is 24.8 Å². The van der Waals surface area contributed by atoms with Crippen LogP contribution in [0.15, 0.2) is 24.3 Å². The zero-order valence-corrected chi connectivity index (χ0v) is 11.5. The van der Waals surface area contributed by atoms with Gasteiger partial charge in [0.1, 0.15) is 18.6 Å². The molecule has 1 N–H and O–H groups in total. The first-order valence-electron chi connectivity index (χ1n) is 7.13. The van der Waals surface area contributed by atoms with Crippen LogP contribution in [-0.2, 0) is 11.2 Å². The summed E-state index contributed by atoms with van der Waals surface area (Å²) >= 11 is 0. The van der Waals surface area contributed by atoms with Crippen molar-refractivity contribution >= 4 is 6.29 Å². The SMILES string of the molecule is O=CCCCCCCCc1cccc(OCCO)c1. The molecule has 0 saturated carbocycles. The monoisotopic (exact) mass is 264 g/mol. The lowest BCUT2D eigenvalue weighted by molar-refractivity contribution is -0.107. The van der Waals surface area contributed by atoms with Gasteiger partial charge in [-0.3, -0.25) is 0 Å². The van der Waals surface area contributed by atoms with Crippen molar-refractivity contribution in [2.75, 3.05) is 13.2 Å². The van der Waals surface area contributed by atoms with Gasteiger partial charge in [0.15, 0.2) is 0 Å². The number of carbonyl (C=O) groups is 1. The van der Waals surface area contributed by atoms with Crippen molar-refractivity contribution in [3.05, 3.63) is 29.8 Å². The number of unbranched alkanes of at least 4 members (excludes halogenated alkanes) is 5. The van der Waals surface area contributed by atoms with Gasteiger partial charge in [-0.15, -0.1) is 0 Å². The van der Waals surface area contributed by atoms with Crippen LogP contribution in [-0.4, -0.2) is 24.6 Å². The Morgan fingerprint density at radius 3 is 2.68 bits per heavy atom. The molecule has 0 aromatic heterocycles. The fraction of sp³-hybridized carbons (Fsp3) is 0.562. The van der Waals surface area contributed by atoms with Crippen molar-refractivity contribution in [3.8, 4) is 5.75 Å². The predicted molar refractivity (Wildman–Crippen MR) is 76.5 cm³/mol. The Morgan fingerprint density at radius 2 is 1.89 bits per heavy atom. The Kier molecular flexibility index (Phi) is 8.73. The molecule has 3 nitrogen and oxygen atoms in total. The smallest absolute Gasteiger partial charge is 0.119 e. The van der Waals surface area contributed by atoms with Gasteiger partial charge in [0.25, 0.3) is 0 Å². The second-order valence-corrected chi connectivity index (χ2v) is 4.69. The number of hydrogen-bond donors (Lipinski definition) is 1. The van der Waals surface area contributed by atoms with Crippen molar-refractivity contribution in [3.63, 3.8) is 0 Å². The average Bonchev–Trinajstić information content (AvgIpc) is 2.44. The lowest BCUT2D eigenvalue weighted by Crippen LogP contribution is -2.01. The lowest BCUT2D eigenvalue weighted by atomic mass is 10.0. The largest absolute Gasteiger partial charge is 0.491 e. The highest BCUT2D eigenvalue weighted by Crippen LogP contribution is 2.16. The van der Waals surface area contributed by atoms with Crippen molar-refractivity contribution < 1.29 is 14.6 Å². The van der Waals surface area contributed by atoms with E-state index in [1.54, 1.807) is 0 Å². The molecule has 3 heteroatoms. The molecule has 0 aliphatic carbocycles. The summed E-state index contributed by atoms with van der Waals surface area (Å²) in [7, 11) is 0. The van der Waals surface area contributed by atoms with Gasteiger partial charge in [0.05, 0.1) is 6.61 Å². The molecule has 1 aromatic rings. The van der Waals surface area contributed by atoms with Crippen molar-refractivity contribution in [2.45, 2.75) is 44.9 Å². The van der Waals surface area contributed by atoms with Gasteiger partial charge in [0, 0.05) is 6.42 Å². The number of ether oxygens (including phenoxy) is 1. The third kappa shape index (κ3) is 7.62. The van der Waals surface area contributed by atoms with E-state index in [0.717, 1.165) is 31.3 Å². The Morgan fingerprint density at radius 1 is 1.11 bits per heavy atom. The van der Waals surface area contributed by atoms with Crippen LogP contribution in [0.25, 0.3) is 0 Å². The van der Waals surface area contributed by atoms with E-state index in [-0.39, 0.29) is 6.61 Å². The van der Waals surface area contributed by atoms with Crippen LogP contribution >= 0.6 is 0 Å². The maximum Gasteiger partial charge on any atom is 0.119 e. The van der Waals surface area contributed by atoms with Crippen LogP contribution in [0.2, 0.25) is 0 Å². The van der Waals surface area contributed by atoms with Crippen LogP contribution < -0.4 is 4.74 Å². The van der Waals surface area contributed by atoms with E-state index in [0.29, 0.717) is 13.0 Å². The number of aryl methyl sites for hydroxylation is 1. The number of carbonyl (C=O) groups excluding carboxylic acids is 1. The number of aldehydes is 1. The van der Waals surface area contributed by atoms with Crippen LogP contribution in [0.1, 0.15) is 44.1 Å². The first-order valence-corrected chi connectivity index (χ1v) is 7.13. The fourth-order valence-electron chi connectivity index (χ4n) is 2.04. The zero-order valence-electron chi connectivity index (χ0n) is 11.5. The maximum absolute atomic E-state index is 10.2. The highest BCUT2D eigenvalue weighted by Gasteiger charge is 1.98. The molecule has 0 radical (unpaired) electrons. The summed E-state index contributed by atoms with van der Waals surface area (Å²) in [5.41, 5.74) is 1.28. The van der Waals surface area contributed by atoms with Crippen LogP contribution in [0, 0.1) is 0 Å². The second kappa shape index (κ2) is 10.6. The fourth-order valence-corrected chi connectivity index (χ4v) is 2.04. The zero-order chi connectivity index (χ0) is 13.8. The van der Waals surface area contributed by atoms with Crippen molar-refractivity contribution in [1.29, 1.82) is 0 Å². The highest BCUT2D eigenvalue weighted by molar-refractivity contribution is 5.48. The van der Waals surface area contributed by atoms with Crippen molar-refractivity contribution in [2.24, 2.45) is 0 Å². The van der Waals surface area contributed by atoms with E-state index >= 15 is 0 Å².